The van der Waals surface area contributed by atoms with Crippen LogP contribution in [-0.2, 0) is 18.3 Å². The van der Waals surface area contributed by atoms with Gasteiger partial charge in [0.05, 0.1) is 5.69 Å². The molecule has 0 bridgehead atoms. The lowest BCUT2D eigenvalue weighted by Gasteiger charge is -2.29. The number of hydrogen-bond acceptors (Lipinski definition) is 3. The summed E-state index contributed by atoms with van der Waals surface area (Å²) in [6.07, 6.45) is 5.25. The van der Waals surface area contributed by atoms with Gasteiger partial charge in [0, 0.05) is 36.0 Å². The topological polar surface area (TPSA) is 29.3 Å². The molecule has 2 heterocycles. The Morgan fingerprint density at radius 1 is 1.00 bits per heavy atom. The molecule has 29 heavy (non-hydrogen) atoms. The van der Waals surface area contributed by atoms with Gasteiger partial charge in [0.15, 0.2) is 5.58 Å². The van der Waals surface area contributed by atoms with Gasteiger partial charge in [0.2, 0.25) is 0 Å². The minimum atomic E-state index is 0.0236. The van der Waals surface area contributed by atoms with Crippen molar-refractivity contribution < 1.29 is 4.52 Å². The monoisotopic (exact) mass is 394 g/mol. The van der Waals surface area contributed by atoms with E-state index in [0.29, 0.717) is 5.41 Å². The number of likely N-dealkylation sites (tertiary alicyclic amines) is 1. The normalized spacial score (nSPS) is 28.4. The van der Waals surface area contributed by atoms with Crippen molar-refractivity contribution >= 4 is 11.0 Å². The Morgan fingerprint density at radius 3 is 2.31 bits per heavy atom. The number of hydrogen-bond donors (Lipinski definition) is 0. The van der Waals surface area contributed by atoms with Crippen molar-refractivity contribution in [2.45, 2.75) is 72.6 Å². The van der Waals surface area contributed by atoms with Crippen molar-refractivity contribution in [2.24, 2.45) is 29.1 Å². The lowest BCUT2D eigenvalue weighted by atomic mass is 9.79. The van der Waals surface area contributed by atoms with Crippen LogP contribution < -0.4 is 0 Å². The van der Waals surface area contributed by atoms with Crippen molar-refractivity contribution in [1.82, 2.24) is 10.1 Å². The van der Waals surface area contributed by atoms with Gasteiger partial charge in [-0.25, -0.2) is 0 Å². The summed E-state index contributed by atoms with van der Waals surface area (Å²) in [6.45, 7) is 17.9. The summed E-state index contributed by atoms with van der Waals surface area (Å²) >= 11 is 0. The standard InChI is InChI=1S/C26H38N2O/c1-25(2,3)20-11-18-14-28(15-19(18)12-20)13-16-9-17-7-8-21-23(22(17)10-16)29-27-24(21)26(4,5)6/h7-8,16,18-20H,9-15H2,1-6H3/t16?,18-,19-/m1/s1. The maximum Gasteiger partial charge on any atom is 0.170 e. The summed E-state index contributed by atoms with van der Waals surface area (Å²) in [6, 6.07) is 4.59. The average Bonchev–Trinajstić information content (AvgIpc) is 3.32. The van der Waals surface area contributed by atoms with E-state index in [-0.39, 0.29) is 5.41 Å². The van der Waals surface area contributed by atoms with Crippen LogP contribution in [0.1, 0.15) is 71.2 Å². The van der Waals surface area contributed by atoms with Gasteiger partial charge < -0.3 is 9.42 Å². The first-order valence-electron chi connectivity index (χ1n) is 11.7. The Morgan fingerprint density at radius 2 is 1.69 bits per heavy atom. The Labute approximate surface area is 176 Å². The van der Waals surface area contributed by atoms with Crippen molar-refractivity contribution in [3.05, 3.63) is 29.0 Å². The highest BCUT2D eigenvalue weighted by molar-refractivity contribution is 5.85. The second kappa shape index (κ2) is 6.57. The molecule has 2 fully saturated rings. The zero-order valence-corrected chi connectivity index (χ0v) is 19.2. The largest absolute Gasteiger partial charge is 0.356 e. The summed E-state index contributed by atoms with van der Waals surface area (Å²) in [7, 11) is 0. The third kappa shape index (κ3) is 3.44. The van der Waals surface area contributed by atoms with Crippen molar-refractivity contribution in [1.29, 1.82) is 0 Å². The predicted octanol–water partition coefficient (Wildman–Crippen LogP) is 5.84. The van der Waals surface area contributed by atoms with Crippen LogP contribution >= 0.6 is 0 Å². The van der Waals surface area contributed by atoms with Crippen LogP contribution in [0.4, 0.5) is 0 Å². The van der Waals surface area contributed by atoms with Gasteiger partial charge in [-0.3, -0.25) is 0 Å². The van der Waals surface area contributed by atoms with E-state index in [0.717, 1.165) is 41.4 Å². The van der Waals surface area contributed by atoms with E-state index in [1.54, 1.807) is 0 Å². The SMILES string of the molecule is CC(C)(C)c1noc2c3c(ccc12)CC(CN1C[C@H]2CC(C(C)(C)C)C[C@@H]2C1)C3. The van der Waals surface area contributed by atoms with E-state index in [1.165, 1.54) is 55.4 Å². The average molecular weight is 395 g/mol. The molecular formula is C26H38N2O. The third-order valence-corrected chi connectivity index (χ3v) is 8.12. The minimum Gasteiger partial charge on any atom is -0.356 e. The molecule has 3 nitrogen and oxygen atoms in total. The Kier molecular flexibility index (Phi) is 4.44. The Hall–Kier alpha value is -1.35. The number of benzene rings is 1. The molecule has 1 unspecified atom stereocenters. The van der Waals surface area contributed by atoms with Gasteiger partial charge in [-0.15, -0.1) is 0 Å². The van der Waals surface area contributed by atoms with Crippen LogP contribution in [0.5, 0.6) is 0 Å². The van der Waals surface area contributed by atoms with Crippen LogP contribution in [0.2, 0.25) is 0 Å². The van der Waals surface area contributed by atoms with Gasteiger partial charge in [-0.2, -0.15) is 0 Å². The summed E-state index contributed by atoms with van der Waals surface area (Å²) < 4.78 is 5.88. The summed E-state index contributed by atoms with van der Waals surface area (Å²) in [5.74, 6) is 3.54. The van der Waals surface area contributed by atoms with E-state index in [2.05, 4.69) is 63.7 Å². The molecule has 158 valence electrons. The molecule has 1 saturated heterocycles. The van der Waals surface area contributed by atoms with Gasteiger partial charge in [0.25, 0.3) is 0 Å². The lowest BCUT2D eigenvalue weighted by molar-refractivity contribution is 0.202. The van der Waals surface area contributed by atoms with Crippen LogP contribution in [0, 0.1) is 29.1 Å². The molecule has 3 aliphatic rings. The molecule has 0 radical (unpaired) electrons. The second-order valence-electron chi connectivity index (χ2n) is 12.4. The molecule has 2 aliphatic carbocycles. The van der Waals surface area contributed by atoms with Gasteiger partial charge in [-0.1, -0.05) is 52.8 Å². The number of rotatable bonds is 2. The molecule has 0 amide bonds. The summed E-state index contributed by atoms with van der Waals surface area (Å²) in [4.78, 5) is 2.78. The molecule has 2 aromatic rings. The zero-order chi connectivity index (χ0) is 20.6. The fourth-order valence-electron chi connectivity index (χ4n) is 6.48. The van der Waals surface area contributed by atoms with Crippen LogP contribution in [0.15, 0.2) is 16.7 Å². The van der Waals surface area contributed by atoms with Crippen LogP contribution in [0.25, 0.3) is 11.0 Å². The molecule has 3 heteroatoms. The molecular weight excluding hydrogens is 356 g/mol. The highest BCUT2D eigenvalue weighted by Crippen LogP contribution is 2.48. The fourth-order valence-corrected chi connectivity index (χ4v) is 6.48. The third-order valence-electron chi connectivity index (χ3n) is 8.12. The van der Waals surface area contributed by atoms with E-state index in [4.69, 9.17) is 4.52 Å². The van der Waals surface area contributed by atoms with E-state index in [9.17, 15) is 0 Å². The number of aromatic nitrogens is 1. The minimum absolute atomic E-state index is 0.0236. The molecule has 1 saturated carbocycles. The van der Waals surface area contributed by atoms with E-state index in [1.807, 2.05) is 0 Å². The van der Waals surface area contributed by atoms with E-state index >= 15 is 0 Å². The second-order valence-corrected chi connectivity index (χ2v) is 12.4. The first-order chi connectivity index (χ1) is 13.6. The summed E-state index contributed by atoms with van der Waals surface area (Å²) in [5.41, 5.74) is 5.58. The number of fused-ring (bicyclic) bond motifs is 4. The predicted molar refractivity (Wildman–Crippen MR) is 119 cm³/mol. The molecule has 0 spiro atoms. The Balaban J connectivity index is 1.26. The van der Waals surface area contributed by atoms with Crippen LogP contribution in [0.3, 0.4) is 0 Å². The number of nitrogens with zero attached hydrogens (tertiary/aromatic N) is 2. The highest BCUT2D eigenvalue weighted by atomic mass is 16.5. The zero-order valence-electron chi connectivity index (χ0n) is 19.2. The summed E-state index contributed by atoms with van der Waals surface area (Å²) in [5, 5.41) is 5.68. The fraction of sp³-hybridized carbons (Fsp3) is 0.731. The molecule has 1 aromatic carbocycles. The Bertz CT molecular complexity index is 899. The first-order valence-corrected chi connectivity index (χ1v) is 11.7. The van der Waals surface area contributed by atoms with Gasteiger partial charge >= 0.3 is 0 Å². The molecule has 1 aromatic heterocycles. The maximum atomic E-state index is 5.88. The molecule has 3 atom stereocenters. The van der Waals surface area contributed by atoms with Crippen LogP contribution in [-0.4, -0.2) is 29.7 Å². The maximum absolute atomic E-state index is 5.88. The molecule has 1 aliphatic heterocycles. The quantitative estimate of drug-likeness (QED) is 0.640. The molecule has 5 rings (SSSR count). The van der Waals surface area contributed by atoms with E-state index < -0.39 is 0 Å². The van der Waals surface area contributed by atoms with Gasteiger partial charge in [0.1, 0.15) is 0 Å². The first kappa shape index (κ1) is 19.6. The molecule has 0 N–H and O–H groups in total. The van der Waals surface area contributed by atoms with Gasteiger partial charge in [-0.05, 0) is 66.4 Å². The van der Waals surface area contributed by atoms with Crippen molar-refractivity contribution in [3.8, 4) is 0 Å². The lowest BCUT2D eigenvalue weighted by Crippen LogP contribution is -2.30. The van der Waals surface area contributed by atoms with Crippen molar-refractivity contribution in [3.63, 3.8) is 0 Å². The highest BCUT2D eigenvalue weighted by Gasteiger charge is 2.44. The van der Waals surface area contributed by atoms with Crippen molar-refractivity contribution in [2.75, 3.05) is 19.6 Å². The smallest absolute Gasteiger partial charge is 0.170 e.